The lowest BCUT2D eigenvalue weighted by molar-refractivity contribution is -0.122. The van der Waals surface area contributed by atoms with Crippen molar-refractivity contribution in [1.82, 2.24) is 20.6 Å². The van der Waals surface area contributed by atoms with E-state index in [1.165, 1.54) is 34.9 Å². The smallest absolute Gasteiger partial charge is 0.225 e. The first-order chi connectivity index (χ1) is 38.6. The Bertz CT molecular complexity index is 3590. The monoisotopic (exact) mass is 1220 g/mol. The highest BCUT2D eigenvalue weighted by molar-refractivity contribution is 7.98. The third kappa shape index (κ3) is 15.1. The number of carbonyl (C=O) groups excluding carboxylic acids is 2. The minimum absolute atomic E-state index is 0.0314. The lowest BCUT2D eigenvalue weighted by Crippen LogP contribution is -2.30. The van der Waals surface area contributed by atoms with Gasteiger partial charge in [-0.1, -0.05) is 12.1 Å². The number of benzene rings is 2. The number of nitrogens with zero attached hydrogens (tertiary/aromatic N) is 2. The van der Waals surface area contributed by atoms with Crippen LogP contribution < -0.4 is 49.9 Å². The van der Waals surface area contributed by atoms with Crippen molar-refractivity contribution in [1.29, 1.82) is 4.78 Å². The van der Waals surface area contributed by atoms with Gasteiger partial charge in [-0.05, 0) is 155 Å². The maximum atomic E-state index is 13.2. The molecule has 0 bridgehead atoms. The summed E-state index contributed by atoms with van der Waals surface area (Å²) >= 11 is 10.5. The number of hydrogen-bond donors (Lipinski definition) is 4. The van der Waals surface area contributed by atoms with E-state index in [1.807, 2.05) is 49.8 Å². The van der Waals surface area contributed by atoms with Crippen molar-refractivity contribution in [3.05, 3.63) is 121 Å². The van der Waals surface area contributed by atoms with Crippen LogP contribution in [0, 0.1) is 27.5 Å². The molecule has 8 rings (SSSR count). The van der Waals surface area contributed by atoms with Gasteiger partial charge in [0.1, 0.15) is 5.60 Å². The van der Waals surface area contributed by atoms with Crippen LogP contribution in [0.4, 0.5) is 0 Å². The summed E-state index contributed by atoms with van der Waals surface area (Å²) in [7, 11) is 7.46. The average Bonchev–Trinajstić information content (AvgIpc) is 4.02. The molecular weight excluding hydrogens is 1160 g/mol. The minimum Gasteiger partial charge on any atom is -0.493 e. The highest BCUT2D eigenvalue weighted by atomic mass is 32.2. The number of aromatic amines is 1. The molecule has 2 aliphatic rings. The van der Waals surface area contributed by atoms with Crippen molar-refractivity contribution in [2.45, 2.75) is 105 Å². The standard InChI is InChI=1S/C26H28N3O6S3.C26H28N2O5S3.C4H9NO2/c1-13-21(37-26(28-13)38(27)32)12-22(31)29-17-8-6-14-10-19(33-2)24(34-3)25(35-4)23(14)15-7-9-20(36-5)18(30)11-16(15)17;1-13-21(36-26(34)27-13)12-22(30)28-17-8-6-14-10-19(31-2)24(32-3)25(33-4)23(14)15-7-9-20(35-5)18(29)11-16(15)17;1-4(2,3)7-5-6/h7,9-11,17,27H,6,8,12H2,1-5H3,(H,29,31);7,9-11,17H,6,8,12H2,1-5H3,(H,27,34)(H,28,30);1-3H3/q-1;;/t2*17-;/m00./s1. The first kappa shape index (κ1) is 63.7. The molecule has 0 unspecified atom stereocenters. The SMILES string of the molecule is CC(C)(C)ON=O.COc1cc2c(c(OC)c1OC)-c1ccc(SC)c(=O)cc1[C@@H](NC(=O)Cc1sc(=S)[nH]c1C)CC2.COc1cc2c(c(OC)c1OC)-c1ccc(SC)c(=O)cc1[C@@H](NC(=O)Cc1sc([S-](=N)=O)nc1C)CC2. The molecule has 6 aromatic rings. The maximum absolute atomic E-state index is 13.2. The summed E-state index contributed by atoms with van der Waals surface area (Å²) in [5.41, 5.74) is 7.40. The van der Waals surface area contributed by atoms with Gasteiger partial charge in [0.2, 0.25) is 23.3 Å². The van der Waals surface area contributed by atoms with Crippen LogP contribution in [0.15, 0.2) is 77.6 Å². The molecule has 2 amide bonds. The number of rotatable bonds is 16. The van der Waals surface area contributed by atoms with Crippen molar-refractivity contribution in [3.63, 3.8) is 0 Å². The number of aryl methyl sites for hydroxylation is 4. The predicted molar refractivity (Wildman–Crippen MR) is 322 cm³/mol. The fourth-order valence-corrected chi connectivity index (χ4v) is 13.2. The average molecular weight is 1220 g/mol. The molecule has 81 heavy (non-hydrogen) atoms. The lowest BCUT2D eigenvalue weighted by Gasteiger charge is -2.20. The van der Waals surface area contributed by atoms with Gasteiger partial charge in [-0.15, -0.1) is 61.7 Å². The lowest BCUT2D eigenvalue weighted by atomic mass is 9.95. The number of nitrogens with one attached hydrogen (secondary N) is 4. The second-order valence-electron chi connectivity index (χ2n) is 19.2. The van der Waals surface area contributed by atoms with Crippen LogP contribution in [-0.2, 0) is 54.9 Å². The Hall–Kier alpha value is -6.51. The molecule has 4 aromatic carbocycles. The molecule has 25 heteroatoms. The fourth-order valence-electron chi connectivity index (χ4n) is 9.38. The molecule has 434 valence electrons. The molecule has 2 atom stereocenters. The third-order valence-corrected chi connectivity index (χ3v) is 18.0. The van der Waals surface area contributed by atoms with Gasteiger partial charge in [-0.2, -0.15) is 0 Å². The van der Waals surface area contributed by atoms with Crippen LogP contribution in [-0.4, -0.2) is 82.6 Å². The van der Waals surface area contributed by atoms with Gasteiger partial charge in [-0.25, -0.2) is 0 Å². The van der Waals surface area contributed by atoms with E-state index in [-0.39, 0.29) is 45.9 Å². The number of thioether (sulfide) groups is 2. The van der Waals surface area contributed by atoms with Gasteiger partial charge in [-0.3, -0.25) is 24.2 Å². The van der Waals surface area contributed by atoms with Gasteiger partial charge < -0.3 is 57.9 Å². The molecule has 19 nitrogen and oxygen atoms in total. The number of carbonyl (C=O) groups is 2. The van der Waals surface area contributed by atoms with E-state index in [1.54, 1.807) is 88.6 Å². The Kier molecular flexibility index (Phi) is 22.4. The molecule has 2 aromatic heterocycles. The van der Waals surface area contributed by atoms with Gasteiger partial charge in [0, 0.05) is 36.6 Å². The van der Waals surface area contributed by atoms with E-state index in [2.05, 4.69) is 30.8 Å². The van der Waals surface area contributed by atoms with E-state index >= 15 is 0 Å². The Morgan fingerprint density at radius 2 is 1.17 bits per heavy atom. The Morgan fingerprint density at radius 3 is 1.51 bits per heavy atom. The summed E-state index contributed by atoms with van der Waals surface area (Å²) in [5.74, 6) is 2.67. The number of ether oxygens (including phenoxy) is 6. The molecule has 0 spiro atoms. The van der Waals surface area contributed by atoms with E-state index in [9.17, 15) is 28.3 Å². The highest BCUT2D eigenvalue weighted by Crippen LogP contribution is 2.52. The number of amides is 2. The van der Waals surface area contributed by atoms with E-state index in [4.69, 9.17) is 45.4 Å². The molecule has 2 heterocycles. The van der Waals surface area contributed by atoms with Crippen LogP contribution in [0.3, 0.4) is 0 Å². The zero-order valence-corrected chi connectivity index (χ0v) is 52.1. The quantitative estimate of drug-likeness (QED) is 0.0231. The van der Waals surface area contributed by atoms with Crippen LogP contribution in [0.5, 0.6) is 34.5 Å². The van der Waals surface area contributed by atoms with Crippen molar-refractivity contribution in [2.24, 2.45) is 5.34 Å². The van der Waals surface area contributed by atoms with Crippen molar-refractivity contribution < 1.29 is 47.1 Å². The summed E-state index contributed by atoms with van der Waals surface area (Å²) in [6.07, 6.45) is 6.32. The fraction of sp³-hybridized carbons (Fsp3) is 0.393. The topological polar surface area (TPSA) is 256 Å². The van der Waals surface area contributed by atoms with E-state index < -0.39 is 22.2 Å². The first-order valence-corrected chi connectivity index (χ1v) is 30.7. The second kappa shape index (κ2) is 28.5. The maximum Gasteiger partial charge on any atom is 0.225 e. The Balaban J connectivity index is 0.000000234. The molecule has 4 N–H and O–H groups in total. The summed E-state index contributed by atoms with van der Waals surface area (Å²) in [6.45, 7) is 8.91. The number of fused-ring (bicyclic) bond motifs is 6. The van der Waals surface area contributed by atoms with Crippen molar-refractivity contribution in [3.8, 4) is 56.8 Å². The van der Waals surface area contributed by atoms with Crippen LogP contribution in [0.2, 0.25) is 0 Å². The van der Waals surface area contributed by atoms with Gasteiger partial charge in [0.25, 0.3) is 0 Å². The summed E-state index contributed by atoms with van der Waals surface area (Å²) in [4.78, 5) is 76.2. The van der Waals surface area contributed by atoms with Gasteiger partial charge >= 0.3 is 0 Å². The number of thiazole rings is 2. The number of H-pyrrole nitrogens is 1. The summed E-state index contributed by atoms with van der Waals surface area (Å²) < 4.78 is 53.8. The first-order valence-electron chi connectivity index (χ1n) is 25.1. The molecule has 0 saturated carbocycles. The zero-order valence-electron chi connectivity index (χ0n) is 47.2. The molecular formula is C56H65N6O13S6-. The third-order valence-electron chi connectivity index (χ3n) is 13.0. The predicted octanol–water partition coefficient (Wildman–Crippen LogP) is 11.4. The van der Waals surface area contributed by atoms with Crippen LogP contribution in [0.1, 0.15) is 89.1 Å². The molecule has 0 radical (unpaired) electrons. The minimum atomic E-state index is -1.96. The summed E-state index contributed by atoms with van der Waals surface area (Å²) in [6, 6.07) is 13.7. The molecule has 0 saturated heterocycles. The molecule has 0 aliphatic heterocycles. The van der Waals surface area contributed by atoms with Crippen LogP contribution >= 0.6 is 58.4 Å². The Labute approximate surface area is 493 Å². The van der Waals surface area contributed by atoms with Crippen LogP contribution in [0.25, 0.3) is 22.3 Å². The Morgan fingerprint density at radius 1 is 0.728 bits per heavy atom. The summed E-state index contributed by atoms with van der Waals surface area (Å²) in [5, 5.41) is 8.54. The van der Waals surface area contributed by atoms with Crippen molar-refractivity contribution in [2.75, 3.05) is 55.2 Å². The molecule has 2 aliphatic carbocycles. The number of aromatic nitrogens is 2. The van der Waals surface area contributed by atoms with Gasteiger partial charge in [0.15, 0.2) is 43.2 Å². The van der Waals surface area contributed by atoms with Gasteiger partial charge in [0.05, 0.1) is 77.4 Å². The number of hydrogen-bond acceptors (Lipinski definition) is 22. The van der Waals surface area contributed by atoms with E-state index in [0.29, 0.717) is 90.1 Å². The molecule has 0 fully saturated rings. The van der Waals surface area contributed by atoms with E-state index in [0.717, 1.165) is 60.9 Å². The van der Waals surface area contributed by atoms with Crippen molar-refractivity contribution >= 4 is 80.8 Å². The highest BCUT2D eigenvalue weighted by Gasteiger charge is 2.32. The normalized spacial score (nSPS) is 14.0. The zero-order chi connectivity index (χ0) is 59.5. The number of methoxy groups -OCH3 is 6. The largest absolute Gasteiger partial charge is 0.493 e. The second-order valence-corrected chi connectivity index (χ2v) is 24.9.